The fraction of sp³-hybridized carbons (Fsp3) is 0.318. The molecule has 6 nitrogen and oxygen atoms in total. The molecule has 0 spiro atoms. The summed E-state index contributed by atoms with van der Waals surface area (Å²) in [5.74, 6) is -0.689. The largest absolute Gasteiger partial charge is 0.360 e. The van der Waals surface area contributed by atoms with Crippen LogP contribution in [0.25, 0.3) is 22.0 Å². The summed E-state index contributed by atoms with van der Waals surface area (Å²) in [5.41, 5.74) is 3.84. The molecule has 0 unspecified atom stereocenters. The van der Waals surface area contributed by atoms with Crippen LogP contribution in [-0.4, -0.2) is 37.4 Å². The Morgan fingerprint density at radius 2 is 2.00 bits per heavy atom. The number of aryl methyl sites for hydroxylation is 1. The molecule has 4 rings (SSSR count). The molecular formula is C22H23F2N3O3S. The van der Waals surface area contributed by atoms with Crippen LogP contribution in [0.15, 0.2) is 46.8 Å². The zero-order valence-electron chi connectivity index (χ0n) is 17.5. The van der Waals surface area contributed by atoms with Crippen LogP contribution < -0.4 is 10.5 Å². The first kappa shape index (κ1) is 21.3. The lowest BCUT2D eigenvalue weighted by molar-refractivity contribution is 0.511. The van der Waals surface area contributed by atoms with Crippen LogP contribution in [0, 0.1) is 0 Å². The molecule has 1 aliphatic rings. The summed E-state index contributed by atoms with van der Waals surface area (Å²) in [6.45, 7) is 0.719. The first-order valence-corrected chi connectivity index (χ1v) is 11.8. The number of benzene rings is 1. The van der Waals surface area contributed by atoms with Crippen molar-refractivity contribution in [1.82, 2.24) is 9.55 Å². The van der Waals surface area contributed by atoms with Crippen molar-refractivity contribution >= 4 is 26.4 Å². The molecule has 0 saturated carbocycles. The van der Waals surface area contributed by atoms with Crippen molar-refractivity contribution in [3.63, 3.8) is 0 Å². The van der Waals surface area contributed by atoms with E-state index in [1.807, 2.05) is 0 Å². The third kappa shape index (κ3) is 3.89. The Hall–Kier alpha value is -2.94. The number of sulfone groups is 1. The third-order valence-electron chi connectivity index (χ3n) is 5.56. The van der Waals surface area contributed by atoms with Crippen molar-refractivity contribution in [1.29, 1.82) is 0 Å². The van der Waals surface area contributed by atoms with Gasteiger partial charge >= 0.3 is 0 Å². The van der Waals surface area contributed by atoms with E-state index in [4.69, 9.17) is 0 Å². The van der Waals surface area contributed by atoms with Gasteiger partial charge in [-0.2, -0.15) is 0 Å². The number of allylic oxidation sites excluding steroid dienone is 1. The predicted molar refractivity (Wildman–Crippen MR) is 118 cm³/mol. The quantitative estimate of drug-likeness (QED) is 0.648. The Morgan fingerprint density at radius 3 is 2.68 bits per heavy atom. The minimum Gasteiger partial charge on any atom is -0.360 e. The number of nitrogens with one attached hydrogen (secondary N) is 1. The summed E-state index contributed by atoms with van der Waals surface area (Å²) in [6, 6.07) is 5.24. The van der Waals surface area contributed by atoms with Crippen LogP contribution in [0.5, 0.6) is 0 Å². The van der Waals surface area contributed by atoms with Gasteiger partial charge in [-0.15, -0.1) is 0 Å². The van der Waals surface area contributed by atoms with E-state index in [0.29, 0.717) is 28.9 Å². The number of hydrogen-bond donors (Lipinski definition) is 1. The number of halogens is 2. The molecule has 31 heavy (non-hydrogen) atoms. The number of alkyl halides is 1. The monoisotopic (exact) mass is 447 g/mol. The van der Waals surface area contributed by atoms with Gasteiger partial charge in [0.25, 0.3) is 5.56 Å². The molecule has 0 saturated heterocycles. The summed E-state index contributed by atoms with van der Waals surface area (Å²) in [4.78, 5) is 17.4. The van der Waals surface area contributed by atoms with Crippen LogP contribution in [0.2, 0.25) is 0 Å². The van der Waals surface area contributed by atoms with E-state index in [2.05, 4.69) is 4.98 Å². The Labute approximate surface area is 178 Å². The normalized spacial score (nSPS) is 14.4. The van der Waals surface area contributed by atoms with E-state index < -0.39 is 22.3 Å². The van der Waals surface area contributed by atoms with Crippen LogP contribution in [0.3, 0.4) is 0 Å². The molecule has 164 valence electrons. The number of hydrogen-bond acceptors (Lipinski definition) is 4. The van der Waals surface area contributed by atoms with Gasteiger partial charge in [0.05, 0.1) is 12.3 Å². The number of H-pyrrole nitrogens is 1. The zero-order valence-corrected chi connectivity index (χ0v) is 18.3. The highest BCUT2D eigenvalue weighted by Crippen LogP contribution is 2.41. The predicted octanol–water partition coefficient (Wildman–Crippen LogP) is 3.61. The molecule has 0 aliphatic carbocycles. The summed E-state index contributed by atoms with van der Waals surface area (Å²) < 4.78 is 52.8. The summed E-state index contributed by atoms with van der Waals surface area (Å²) in [6.07, 6.45) is 4.61. The standard InChI is InChI=1S/C22H23F2N3O3S/c1-13(7-23)18(24)11-27-9-15-8-25-21-20(15)17(10-26(2)22(21)28)16-6-14(4-5-19(16)27)12-31(3,29)30/h4-6,8,10,25H,7,9,11-12H2,1-3H3. The average molecular weight is 448 g/mol. The smallest absolute Gasteiger partial charge is 0.274 e. The number of pyridine rings is 1. The van der Waals surface area contributed by atoms with Gasteiger partial charge in [-0.3, -0.25) is 4.79 Å². The van der Waals surface area contributed by atoms with Gasteiger partial charge in [-0.25, -0.2) is 17.2 Å². The second-order valence-corrected chi connectivity index (χ2v) is 10.3. The number of aromatic nitrogens is 2. The van der Waals surface area contributed by atoms with Gasteiger partial charge in [0, 0.05) is 54.4 Å². The average Bonchev–Trinajstić information content (AvgIpc) is 3.07. The van der Waals surface area contributed by atoms with Crippen molar-refractivity contribution < 1.29 is 17.2 Å². The maximum atomic E-state index is 14.6. The minimum absolute atomic E-state index is 0.0319. The first-order chi connectivity index (χ1) is 14.6. The molecular weight excluding hydrogens is 424 g/mol. The highest BCUT2D eigenvalue weighted by molar-refractivity contribution is 7.89. The second-order valence-electron chi connectivity index (χ2n) is 8.12. The van der Waals surface area contributed by atoms with Crippen molar-refractivity contribution in [2.75, 3.05) is 24.4 Å². The molecule has 9 heteroatoms. The summed E-state index contributed by atoms with van der Waals surface area (Å²) >= 11 is 0. The van der Waals surface area contributed by atoms with Crippen LogP contribution >= 0.6 is 0 Å². The van der Waals surface area contributed by atoms with Crippen LogP contribution in [-0.2, 0) is 29.2 Å². The highest BCUT2D eigenvalue weighted by Gasteiger charge is 2.26. The third-order valence-corrected chi connectivity index (χ3v) is 6.42. The Bertz CT molecular complexity index is 1390. The molecule has 1 aliphatic heterocycles. The van der Waals surface area contributed by atoms with E-state index >= 15 is 0 Å². The number of nitrogens with zero attached hydrogens (tertiary/aromatic N) is 2. The fourth-order valence-corrected chi connectivity index (χ4v) is 4.82. The van der Waals surface area contributed by atoms with Gasteiger partial charge in [0.1, 0.15) is 18.0 Å². The summed E-state index contributed by atoms with van der Waals surface area (Å²) in [7, 11) is -1.61. The Kier molecular flexibility index (Phi) is 5.25. The van der Waals surface area contributed by atoms with E-state index in [-0.39, 0.29) is 23.4 Å². The number of anilines is 1. The van der Waals surface area contributed by atoms with Gasteiger partial charge in [0.15, 0.2) is 9.84 Å². The molecule has 1 N–H and O–H groups in total. The molecule has 0 bridgehead atoms. The minimum atomic E-state index is -3.26. The van der Waals surface area contributed by atoms with Crippen LogP contribution in [0.4, 0.5) is 14.5 Å². The van der Waals surface area contributed by atoms with Gasteiger partial charge in [-0.05, 0) is 35.8 Å². The van der Waals surface area contributed by atoms with E-state index in [0.717, 1.165) is 16.5 Å². The Morgan fingerprint density at radius 1 is 1.26 bits per heavy atom. The molecule has 3 aromatic rings. The van der Waals surface area contributed by atoms with Gasteiger partial charge in [-0.1, -0.05) is 6.07 Å². The van der Waals surface area contributed by atoms with E-state index in [1.165, 1.54) is 17.7 Å². The summed E-state index contributed by atoms with van der Waals surface area (Å²) in [5, 5.41) is 0.731. The number of rotatable bonds is 5. The molecule has 3 heterocycles. The lowest BCUT2D eigenvalue weighted by atomic mass is 9.99. The molecule has 0 amide bonds. The van der Waals surface area contributed by atoms with Crippen molar-refractivity contribution in [2.45, 2.75) is 19.2 Å². The van der Waals surface area contributed by atoms with Crippen LogP contribution in [0.1, 0.15) is 18.1 Å². The number of aromatic amines is 1. The highest BCUT2D eigenvalue weighted by atomic mass is 32.2. The lowest BCUT2D eigenvalue weighted by Gasteiger charge is -2.25. The molecule has 1 aromatic carbocycles. The second kappa shape index (κ2) is 7.64. The van der Waals surface area contributed by atoms with Crippen molar-refractivity contribution in [2.24, 2.45) is 7.05 Å². The molecule has 0 fully saturated rings. The zero-order chi connectivity index (χ0) is 22.5. The van der Waals surface area contributed by atoms with E-state index in [9.17, 15) is 22.0 Å². The maximum Gasteiger partial charge on any atom is 0.274 e. The molecule has 0 atom stereocenters. The first-order valence-electron chi connectivity index (χ1n) is 9.74. The van der Waals surface area contributed by atoms with Gasteiger partial charge < -0.3 is 14.5 Å². The van der Waals surface area contributed by atoms with Crippen molar-refractivity contribution in [3.8, 4) is 11.1 Å². The molecule has 0 radical (unpaired) electrons. The maximum absolute atomic E-state index is 14.6. The number of fused-ring (bicyclic) bond motifs is 2. The lowest BCUT2D eigenvalue weighted by Crippen LogP contribution is -2.24. The van der Waals surface area contributed by atoms with E-state index in [1.54, 1.807) is 42.5 Å². The van der Waals surface area contributed by atoms with Crippen molar-refractivity contribution in [3.05, 3.63) is 63.5 Å². The fourth-order valence-electron chi connectivity index (χ4n) is 4.04. The topological polar surface area (TPSA) is 75.2 Å². The Balaban J connectivity index is 1.99. The SMILES string of the molecule is CC(CF)=C(F)CN1Cc2c[nH]c3c(=O)n(C)cc(c23)-c2cc(CS(C)(=O)=O)ccc21. The van der Waals surface area contributed by atoms with Gasteiger partial charge in [0.2, 0.25) is 0 Å². The molecule has 2 aromatic heterocycles.